The molecule has 0 amide bonds. The minimum atomic E-state index is 0.561. The zero-order valence-electron chi connectivity index (χ0n) is 16.1. The van der Waals surface area contributed by atoms with Gasteiger partial charge in [-0.3, -0.25) is 10.9 Å². The summed E-state index contributed by atoms with van der Waals surface area (Å²) in [5, 5.41) is 1.29. The molecule has 0 saturated carbocycles. The summed E-state index contributed by atoms with van der Waals surface area (Å²) >= 11 is 0. The first-order valence-corrected chi connectivity index (χ1v) is 9.54. The van der Waals surface area contributed by atoms with E-state index in [-0.39, 0.29) is 0 Å². The van der Waals surface area contributed by atoms with Crippen LogP contribution in [0.25, 0.3) is 10.9 Å². The SMILES string of the molecule is Cn1ccc2c(CNNCc3ccccc3COc3ccccc3)cccc21. The number of para-hydroxylation sites is 1. The third kappa shape index (κ3) is 4.25. The Kier molecular flexibility index (Phi) is 5.71. The number of hydrogen-bond donors (Lipinski definition) is 2. The smallest absolute Gasteiger partial charge is 0.119 e. The lowest BCUT2D eigenvalue weighted by atomic mass is 10.1. The summed E-state index contributed by atoms with van der Waals surface area (Å²) in [6, 6.07) is 26.9. The number of nitrogens with one attached hydrogen (secondary N) is 2. The fraction of sp³-hybridized carbons (Fsp3) is 0.167. The molecule has 0 fully saturated rings. The van der Waals surface area contributed by atoms with Gasteiger partial charge in [0.1, 0.15) is 12.4 Å². The van der Waals surface area contributed by atoms with Crippen molar-refractivity contribution >= 4 is 10.9 Å². The minimum Gasteiger partial charge on any atom is -0.489 e. The molecule has 0 atom stereocenters. The molecule has 0 aliphatic carbocycles. The average Bonchev–Trinajstić information content (AvgIpc) is 3.13. The van der Waals surface area contributed by atoms with Crippen LogP contribution in [-0.4, -0.2) is 4.57 Å². The second-order valence-corrected chi connectivity index (χ2v) is 6.85. The van der Waals surface area contributed by atoms with Crippen LogP contribution in [0.1, 0.15) is 16.7 Å². The van der Waals surface area contributed by atoms with Gasteiger partial charge in [0.05, 0.1) is 0 Å². The molecule has 0 unspecified atom stereocenters. The standard InChI is InChI=1S/C24H25N3O/c1-27-15-14-23-20(10-7-13-24(23)27)17-26-25-16-19-8-5-6-9-21(19)18-28-22-11-3-2-4-12-22/h2-15,25-26H,16-18H2,1H3. The lowest BCUT2D eigenvalue weighted by Gasteiger charge is -2.13. The van der Waals surface area contributed by atoms with Crippen LogP contribution in [0.2, 0.25) is 0 Å². The molecule has 4 rings (SSSR count). The number of ether oxygens (including phenoxy) is 1. The van der Waals surface area contributed by atoms with Gasteiger partial charge in [0.25, 0.3) is 0 Å². The van der Waals surface area contributed by atoms with Gasteiger partial charge in [-0.2, -0.15) is 0 Å². The van der Waals surface area contributed by atoms with Crippen molar-refractivity contribution in [1.29, 1.82) is 0 Å². The summed E-state index contributed by atoms with van der Waals surface area (Å²) in [5.41, 5.74) is 11.6. The number of aromatic nitrogens is 1. The Morgan fingerprint density at radius 1 is 0.714 bits per heavy atom. The topological polar surface area (TPSA) is 38.2 Å². The van der Waals surface area contributed by atoms with Crippen molar-refractivity contribution in [1.82, 2.24) is 15.4 Å². The van der Waals surface area contributed by atoms with Gasteiger partial charge in [0, 0.05) is 37.2 Å². The van der Waals surface area contributed by atoms with Gasteiger partial charge in [-0.1, -0.05) is 54.6 Å². The van der Waals surface area contributed by atoms with Crippen molar-refractivity contribution in [3.05, 3.63) is 102 Å². The van der Waals surface area contributed by atoms with E-state index in [1.807, 2.05) is 30.3 Å². The van der Waals surface area contributed by atoms with Crippen molar-refractivity contribution in [3.8, 4) is 5.75 Å². The van der Waals surface area contributed by atoms with Gasteiger partial charge in [-0.25, -0.2) is 0 Å². The molecule has 2 N–H and O–H groups in total. The van der Waals surface area contributed by atoms with Gasteiger partial charge >= 0.3 is 0 Å². The first-order chi connectivity index (χ1) is 13.8. The van der Waals surface area contributed by atoms with E-state index in [4.69, 9.17) is 4.74 Å². The van der Waals surface area contributed by atoms with E-state index in [0.717, 1.165) is 18.8 Å². The highest BCUT2D eigenvalue weighted by Crippen LogP contribution is 2.19. The molecular formula is C24H25N3O. The maximum absolute atomic E-state index is 5.91. The summed E-state index contributed by atoms with van der Waals surface area (Å²) < 4.78 is 8.06. The Labute approximate surface area is 165 Å². The van der Waals surface area contributed by atoms with E-state index in [2.05, 4.69) is 77.2 Å². The molecule has 1 heterocycles. The molecule has 0 aliphatic rings. The second kappa shape index (κ2) is 8.74. The maximum atomic E-state index is 5.91. The number of nitrogens with zero attached hydrogens (tertiary/aromatic N) is 1. The molecule has 0 spiro atoms. The van der Waals surface area contributed by atoms with Gasteiger partial charge in [-0.05, 0) is 41.0 Å². The normalized spacial score (nSPS) is 11.0. The van der Waals surface area contributed by atoms with Gasteiger partial charge < -0.3 is 9.30 Å². The molecule has 4 nitrogen and oxygen atoms in total. The highest BCUT2D eigenvalue weighted by Gasteiger charge is 2.05. The van der Waals surface area contributed by atoms with Crippen LogP contribution in [0, 0.1) is 0 Å². The average molecular weight is 371 g/mol. The van der Waals surface area contributed by atoms with Crippen molar-refractivity contribution in [2.24, 2.45) is 7.05 Å². The molecule has 0 aliphatic heterocycles. The monoisotopic (exact) mass is 371 g/mol. The number of hydrogen-bond acceptors (Lipinski definition) is 3. The Bertz CT molecular complexity index is 1040. The number of benzene rings is 3. The van der Waals surface area contributed by atoms with Crippen LogP contribution in [0.3, 0.4) is 0 Å². The first-order valence-electron chi connectivity index (χ1n) is 9.54. The largest absolute Gasteiger partial charge is 0.489 e. The second-order valence-electron chi connectivity index (χ2n) is 6.85. The highest BCUT2D eigenvalue weighted by atomic mass is 16.5. The van der Waals surface area contributed by atoms with E-state index < -0.39 is 0 Å². The number of hydrazine groups is 1. The lowest BCUT2D eigenvalue weighted by molar-refractivity contribution is 0.304. The predicted octanol–water partition coefficient (Wildman–Crippen LogP) is 4.55. The quantitative estimate of drug-likeness (QED) is 0.352. The zero-order chi connectivity index (χ0) is 19.2. The Hall–Kier alpha value is -3.08. The third-order valence-electron chi connectivity index (χ3n) is 4.96. The molecular weight excluding hydrogens is 346 g/mol. The van der Waals surface area contributed by atoms with Crippen LogP contribution < -0.4 is 15.6 Å². The molecule has 0 bridgehead atoms. The molecule has 1 aromatic heterocycles. The summed E-state index contributed by atoms with van der Waals surface area (Å²) in [7, 11) is 2.08. The van der Waals surface area contributed by atoms with Crippen LogP contribution in [0.4, 0.5) is 0 Å². The molecule has 28 heavy (non-hydrogen) atoms. The summed E-state index contributed by atoms with van der Waals surface area (Å²) in [4.78, 5) is 0. The van der Waals surface area contributed by atoms with E-state index in [0.29, 0.717) is 6.61 Å². The van der Waals surface area contributed by atoms with Crippen LogP contribution in [0.15, 0.2) is 85.1 Å². The number of fused-ring (bicyclic) bond motifs is 1. The van der Waals surface area contributed by atoms with E-state index in [1.54, 1.807) is 0 Å². The number of aryl methyl sites for hydroxylation is 1. The molecule has 0 radical (unpaired) electrons. The van der Waals surface area contributed by atoms with E-state index in [1.165, 1.54) is 27.6 Å². The van der Waals surface area contributed by atoms with Gasteiger partial charge in [0.2, 0.25) is 0 Å². The molecule has 4 heteroatoms. The highest BCUT2D eigenvalue weighted by molar-refractivity contribution is 5.83. The summed E-state index contributed by atoms with van der Waals surface area (Å²) in [6.07, 6.45) is 2.10. The minimum absolute atomic E-state index is 0.561. The lowest BCUT2D eigenvalue weighted by Crippen LogP contribution is -2.31. The van der Waals surface area contributed by atoms with Gasteiger partial charge in [-0.15, -0.1) is 0 Å². The maximum Gasteiger partial charge on any atom is 0.119 e. The molecule has 0 saturated heterocycles. The Balaban J connectivity index is 1.33. The number of rotatable bonds is 8. The van der Waals surface area contributed by atoms with Crippen molar-refractivity contribution in [2.75, 3.05) is 0 Å². The molecule has 4 aromatic rings. The Morgan fingerprint density at radius 3 is 2.21 bits per heavy atom. The fourth-order valence-electron chi connectivity index (χ4n) is 3.38. The zero-order valence-corrected chi connectivity index (χ0v) is 16.1. The molecule has 3 aromatic carbocycles. The predicted molar refractivity (Wildman–Crippen MR) is 114 cm³/mol. The third-order valence-corrected chi connectivity index (χ3v) is 4.96. The Morgan fingerprint density at radius 2 is 1.39 bits per heavy atom. The van der Waals surface area contributed by atoms with Crippen LogP contribution in [0.5, 0.6) is 5.75 Å². The van der Waals surface area contributed by atoms with Crippen molar-refractivity contribution < 1.29 is 4.74 Å². The summed E-state index contributed by atoms with van der Waals surface area (Å²) in [5.74, 6) is 0.888. The van der Waals surface area contributed by atoms with E-state index in [9.17, 15) is 0 Å². The summed E-state index contributed by atoms with van der Waals surface area (Å²) in [6.45, 7) is 2.06. The first kappa shape index (κ1) is 18.3. The molecule has 142 valence electrons. The van der Waals surface area contributed by atoms with Gasteiger partial charge in [0.15, 0.2) is 0 Å². The van der Waals surface area contributed by atoms with Crippen LogP contribution in [-0.2, 0) is 26.7 Å². The van der Waals surface area contributed by atoms with Crippen molar-refractivity contribution in [2.45, 2.75) is 19.7 Å². The fourth-order valence-corrected chi connectivity index (χ4v) is 3.38. The van der Waals surface area contributed by atoms with E-state index >= 15 is 0 Å². The van der Waals surface area contributed by atoms with Crippen molar-refractivity contribution in [3.63, 3.8) is 0 Å². The van der Waals surface area contributed by atoms with Crippen LogP contribution >= 0.6 is 0 Å².